The Hall–Kier alpha value is -2.91. The van der Waals surface area contributed by atoms with Crippen LogP contribution in [0.3, 0.4) is 0 Å². The first-order chi connectivity index (χ1) is 11.9. The van der Waals surface area contributed by atoms with E-state index in [9.17, 15) is 9.59 Å². The van der Waals surface area contributed by atoms with Gasteiger partial charge in [0.05, 0.1) is 5.56 Å². The Balaban J connectivity index is 1.89. The van der Waals surface area contributed by atoms with Crippen LogP contribution in [0.25, 0.3) is 6.08 Å². The molecule has 1 aromatic carbocycles. The highest BCUT2D eigenvalue weighted by atomic mass is 32.1. The first kappa shape index (κ1) is 18.4. The van der Waals surface area contributed by atoms with Crippen LogP contribution < -0.4 is 5.32 Å². The number of aryl methyl sites for hydroxylation is 3. The fourth-order valence-corrected chi connectivity index (χ4v) is 2.92. The number of rotatable bonds is 5. The Morgan fingerprint density at radius 1 is 1.24 bits per heavy atom. The molecule has 128 valence electrons. The molecule has 1 aromatic heterocycles. The lowest BCUT2D eigenvalue weighted by atomic mass is 10.0. The number of carbonyl (C=O) groups excluding carboxylic acids is 2. The maximum absolute atomic E-state index is 11.8. The van der Waals surface area contributed by atoms with E-state index < -0.39 is 18.5 Å². The van der Waals surface area contributed by atoms with Gasteiger partial charge in [0, 0.05) is 6.08 Å². The molecule has 0 aliphatic carbocycles. The van der Waals surface area contributed by atoms with E-state index in [1.165, 1.54) is 23.0 Å². The van der Waals surface area contributed by atoms with Crippen molar-refractivity contribution in [3.05, 3.63) is 57.5 Å². The van der Waals surface area contributed by atoms with Crippen LogP contribution in [0.5, 0.6) is 0 Å². The van der Waals surface area contributed by atoms with E-state index in [-0.39, 0.29) is 0 Å². The molecule has 25 heavy (non-hydrogen) atoms. The summed E-state index contributed by atoms with van der Waals surface area (Å²) in [7, 11) is 0. The van der Waals surface area contributed by atoms with Crippen molar-refractivity contribution in [3.63, 3.8) is 0 Å². The molecule has 1 heterocycles. The van der Waals surface area contributed by atoms with Gasteiger partial charge in [-0.25, -0.2) is 4.79 Å². The number of thiophene rings is 1. The predicted octanol–water partition coefficient (Wildman–Crippen LogP) is 3.74. The Bertz CT molecular complexity index is 875. The number of nitrogens with zero attached hydrogens (tertiary/aromatic N) is 1. The lowest BCUT2D eigenvalue weighted by Crippen LogP contribution is -2.20. The van der Waals surface area contributed by atoms with Crippen LogP contribution in [0.4, 0.5) is 5.00 Å². The second kappa shape index (κ2) is 8.27. The zero-order chi connectivity index (χ0) is 18.4. The summed E-state index contributed by atoms with van der Waals surface area (Å²) < 4.78 is 4.93. The molecule has 0 saturated carbocycles. The summed E-state index contributed by atoms with van der Waals surface area (Å²) >= 11 is 1.24. The summed E-state index contributed by atoms with van der Waals surface area (Å²) in [6.07, 6.45) is 2.98. The second-order valence-electron chi connectivity index (χ2n) is 5.56. The number of ether oxygens (including phenoxy) is 1. The number of nitriles is 1. The summed E-state index contributed by atoms with van der Waals surface area (Å²) in [5.41, 5.74) is 4.71. The number of esters is 1. The largest absolute Gasteiger partial charge is 0.452 e. The minimum atomic E-state index is -0.598. The van der Waals surface area contributed by atoms with Crippen LogP contribution >= 0.6 is 11.3 Å². The van der Waals surface area contributed by atoms with E-state index in [0.717, 1.165) is 16.7 Å². The summed E-state index contributed by atoms with van der Waals surface area (Å²) in [6.45, 7) is 5.61. The zero-order valence-corrected chi connectivity index (χ0v) is 15.1. The summed E-state index contributed by atoms with van der Waals surface area (Å²) in [6, 6.07) is 7.65. The van der Waals surface area contributed by atoms with Gasteiger partial charge in [-0.1, -0.05) is 12.1 Å². The van der Waals surface area contributed by atoms with Crippen LogP contribution in [-0.2, 0) is 14.3 Å². The molecule has 2 rings (SSSR count). The van der Waals surface area contributed by atoms with Gasteiger partial charge in [0.15, 0.2) is 6.61 Å². The Kier molecular flexibility index (Phi) is 6.09. The van der Waals surface area contributed by atoms with Gasteiger partial charge in [-0.3, -0.25) is 4.79 Å². The van der Waals surface area contributed by atoms with Crippen molar-refractivity contribution in [2.75, 3.05) is 11.9 Å². The highest BCUT2D eigenvalue weighted by molar-refractivity contribution is 7.14. The highest BCUT2D eigenvalue weighted by Crippen LogP contribution is 2.21. The second-order valence-corrected chi connectivity index (χ2v) is 6.47. The lowest BCUT2D eigenvalue weighted by molar-refractivity contribution is -0.142. The van der Waals surface area contributed by atoms with E-state index in [4.69, 9.17) is 10.00 Å². The Labute approximate surface area is 150 Å². The molecule has 2 aromatic rings. The van der Waals surface area contributed by atoms with Gasteiger partial charge in [0.25, 0.3) is 5.91 Å². The molecule has 0 aliphatic rings. The number of carbonyl (C=O) groups is 2. The van der Waals surface area contributed by atoms with Crippen LogP contribution in [0.1, 0.15) is 27.8 Å². The molecule has 0 atom stereocenters. The van der Waals surface area contributed by atoms with Crippen LogP contribution in [-0.4, -0.2) is 18.5 Å². The van der Waals surface area contributed by atoms with Crippen molar-refractivity contribution in [1.29, 1.82) is 5.26 Å². The van der Waals surface area contributed by atoms with E-state index in [1.54, 1.807) is 17.5 Å². The van der Waals surface area contributed by atoms with E-state index >= 15 is 0 Å². The standard InChI is InChI=1S/C19H18N2O3S/c1-12-8-14(3)15(9-13(12)2)4-5-18(23)24-11-17(22)21-19-16(10-20)6-7-25-19/h4-9H,11H2,1-3H3,(H,21,22). The molecule has 5 nitrogen and oxygen atoms in total. The number of anilines is 1. The smallest absolute Gasteiger partial charge is 0.331 e. The number of hydrogen-bond acceptors (Lipinski definition) is 5. The Morgan fingerprint density at radius 3 is 2.68 bits per heavy atom. The van der Waals surface area contributed by atoms with Crippen molar-refractivity contribution in [1.82, 2.24) is 0 Å². The quantitative estimate of drug-likeness (QED) is 0.655. The third kappa shape index (κ3) is 5.03. The number of hydrogen-bond donors (Lipinski definition) is 1. The van der Waals surface area contributed by atoms with E-state index in [2.05, 4.69) is 11.4 Å². The molecule has 0 radical (unpaired) electrons. The average molecular weight is 354 g/mol. The van der Waals surface area contributed by atoms with Crippen molar-refractivity contribution in [2.45, 2.75) is 20.8 Å². The normalized spacial score (nSPS) is 10.5. The molecule has 1 N–H and O–H groups in total. The SMILES string of the molecule is Cc1cc(C)c(C=CC(=O)OCC(=O)Nc2sccc2C#N)cc1C. The van der Waals surface area contributed by atoms with Gasteiger partial charge in [-0.15, -0.1) is 11.3 Å². The van der Waals surface area contributed by atoms with Gasteiger partial charge in [-0.05, 0) is 60.5 Å². The van der Waals surface area contributed by atoms with Crippen molar-refractivity contribution in [3.8, 4) is 6.07 Å². The molecule has 0 aliphatic heterocycles. The molecule has 0 fully saturated rings. The highest BCUT2D eigenvalue weighted by Gasteiger charge is 2.10. The molecular weight excluding hydrogens is 336 g/mol. The van der Waals surface area contributed by atoms with Gasteiger partial charge >= 0.3 is 5.97 Å². The minimum Gasteiger partial charge on any atom is -0.452 e. The first-order valence-corrected chi connectivity index (χ1v) is 8.49. The summed E-state index contributed by atoms with van der Waals surface area (Å²) in [5, 5.41) is 13.6. The molecule has 0 unspecified atom stereocenters. The lowest BCUT2D eigenvalue weighted by Gasteiger charge is -2.06. The van der Waals surface area contributed by atoms with E-state index in [1.807, 2.05) is 32.9 Å². The van der Waals surface area contributed by atoms with Gasteiger partial charge < -0.3 is 10.1 Å². The molecule has 0 bridgehead atoms. The van der Waals surface area contributed by atoms with Gasteiger partial charge in [0.1, 0.15) is 11.1 Å². The topological polar surface area (TPSA) is 79.2 Å². The Morgan fingerprint density at radius 2 is 1.96 bits per heavy atom. The number of amides is 1. The first-order valence-electron chi connectivity index (χ1n) is 7.61. The zero-order valence-electron chi connectivity index (χ0n) is 14.3. The van der Waals surface area contributed by atoms with Crippen LogP contribution in [0, 0.1) is 32.1 Å². The summed E-state index contributed by atoms with van der Waals surface area (Å²) in [5.74, 6) is -1.08. The summed E-state index contributed by atoms with van der Waals surface area (Å²) in [4.78, 5) is 23.5. The van der Waals surface area contributed by atoms with Crippen molar-refractivity contribution in [2.24, 2.45) is 0 Å². The van der Waals surface area contributed by atoms with Crippen molar-refractivity contribution < 1.29 is 14.3 Å². The third-order valence-corrected chi connectivity index (χ3v) is 4.50. The molecule has 1 amide bonds. The van der Waals surface area contributed by atoms with Gasteiger partial charge in [0.2, 0.25) is 0 Å². The maximum atomic E-state index is 11.8. The maximum Gasteiger partial charge on any atom is 0.331 e. The number of benzene rings is 1. The molecule has 0 saturated heterocycles. The average Bonchev–Trinajstić information content (AvgIpc) is 3.02. The molecule has 0 spiro atoms. The monoisotopic (exact) mass is 354 g/mol. The van der Waals surface area contributed by atoms with Gasteiger partial charge in [-0.2, -0.15) is 5.26 Å². The minimum absolute atomic E-state index is 0.384. The fourth-order valence-electron chi connectivity index (χ4n) is 2.16. The molecular formula is C19H18N2O3S. The van der Waals surface area contributed by atoms with Crippen LogP contribution in [0.15, 0.2) is 29.7 Å². The van der Waals surface area contributed by atoms with E-state index in [0.29, 0.717) is 10.6 Å². The fraction of sp³-hybridized carbons (Fsp3) is 0.211. The molecule has 6 heteroatoms. The number of nitrogens with one attached hydrogen (secondary N) is 1. The third-order valence-electron chi connectivity index (χ3n) is 3.67. The van der Waals surface area contributed by atoms with Crippen LogP contribution in [0.2, 0.25) is 0 Å². The predicted molar refractivity (Wildman–Crippen MR) is 98.3 cm³/mol. The van der Waals surface area contributed by atoms with Crippen molar-refractivity contribution >= 4 is 34.3 Å².